The molecule has 0 saturated carbocycles. The van der Waals surface area contributed by atoms with Crippen LogP contribution in [0, 0.1) is 0 Å². The van der Waals surface area contributed by atoms with Gasteiger partial charge in [-0.05, 0) is 29.8 Å². The Hall–Kier alpha value is -1.46. The zero-order chi connectivity index (χ0) is 13.2. The first-order valence-electron chi connectivity index (χ1n) is 6.19. The van der Waals surface area contributed by atoms with Gasteiger partial charge in [-0.1, -0.05) is 6.07 Å². The van der Waals surface area contributed by atoms with Crippen molar-refractivity contribution in [3.05, 3.63) is 40.2 Å². The third-order valence-corrected chi connectivity index (χ3v) is 5.03. The highest BCUT2D eigenvalue weighted by molar-refractivity contribution is 7.16. The van der Waals surface area contributed by atoms with Gasteiger partial charge in [-0.15, -0.1) is 22.7 Å². The van der Waals surface area contributed by atoms with E-state index in [4.69, 9.17) is 0 Å². The number of likely N-dealkylation sites (N-methyl/N-ethyl adjacent to an activating group) is 1. The van der Waals surface area contributed by atoms with E-state index in [1.165, 1.54) is 4.88 Å². The highest BCUT2D eigenvalue weighted by Crippen LogP contribution is 2.27. The lowest BCUT2D eigenvalue weighted by Gasteiger charge is -2.26. The third kappa shape index (κ3) is 2.48. The summed E-state index contributed by atoms with van der Waals surface area (Å²) in [7, 11) is 2.11. The highest BCUT2D eigenvalue weighted by Gasteiger charge is 2.15. The van der Waals surface area contributed by atoms with E-state index < -0.39 is 0 Å². The van der Waals surface area contributed by atoms with Crippen LogP contribution in [-0.2, 0) is 6.42 Å². The zero-order valence-corrected chi connectivity index (χ0v) is 12.5. The Bertz CT molecular complexity index is 660. The van der Waals surface area contributed by atoms with Gasteiger partial charge >= 0.3 is 0 Å². The fourth-order valence-electron chi connectivity index (χ4n) is 2.12. The van der Waals surface area contributed by atoms with Gasteiger partial charge in [-0.2, -0.15) is 0 Å². The summed E-state index contributed by atoms with van der Waals surface area (Å²) in [5.74, 6) is 1.02. The molecular weight excluding hydrogens is 274 g/mol. The van der Waals surface area contributed by atoms with Gasteiger partial charge in [0.15, 0.2) is 0 Å². The molecule has 0 aromatic carbocycles. The lowest BCUT2D eigenvalue weighted by Crippen LogP contribution is -2.31. The van der Waals surface area contributed by atoms with Crippen LogP contribution in [-0.4, -0.2) is 23.1 Å². The molecule has 0 spiro atoms. The van der Waals surface area contributed by atoms with Crippen molar-refractivity contribution in [2.75, 3.05) is 11.9 Å². The molecule has 3 aromatic rings. The topological polar surface area (TPSA) is 29.0 Å². The molecule has 3 heterocycles. The molecule has 0 N–H and O–H groups in total. The SMILES string of the molecule is CC(Cc1cccs1)N(C)c1ncnc2sccc12. The molecule has 3 nitrogen and oxygen atoms in total. The summed E-state index contributed by atoms with van der Waals surface area (Å²) >= 11 is 3.47. The summed E-state index contributed by atoms with van der Waals surface area (Å²) in [6.45, 7) is 2.24. The Balaban J connectivity index is 1.86. The third-order valence-electron chi connectivity index (χ3n) is 3.31. The second-order valence-corrected chi connectivity index (χ2v) is 6.51. The Kier molecular flexibility index (Phi) is 3.48. The molecule has 1 unspecified atom stereocenters. The monoisotopic (exact) mass is 289 g/mol. The predicted octanol–water partition coefficient (Wildman–Crippen LogP) is 3.82. The molecular formula is C14H15N3S2. The second-order valence-electron chi connectivity index (χ2n) is 4.58. The first kappa shape index (κ1) is 12.6. The molecule has 0 aliphatic carbocycles. The molecule has 3 rings (SSSR count). The molecule has 0 saturated heterocycles. The number of rotatable bonds is 4. The normalized spacial score (nSPS) is 12.7. The molecule has 98 valence electrons. The van der Waals surface area contributed by atoms with Crippen LogP contribution in [0.2, 0.25) is 0 Å². The van der Waals surface area contributed by atoms with Crippen LogP contribution in [0.15, 0.2) is 35.3 Å². The van der Waals surface area contributed by atoms with Gasteiger partial charge in [0.25, 0.3) is 0 Å². The van der Waals surface area contributed by atoms with Crippen LogP contribution in [0.3, 0.4) is 0 Å². The molecule has 0 aliphatic rings. The summed E-state index contributed by atoms with van der Waals surface area (Å²) < 4.78 is 0. The number of anilines is 1. The first-order chi connectivity index (χ1) is 9.25. The van der Waals surface area contributed by atoms with Gasteiger partial charge in [0.05, 0.1) is 5.39 Å². The number of aromatic nitrogens is 2. The van der Waals surface area contributed by atoms with Gasteiger partial charge in [-0.3, -0.25) is 0 Å². The molecule has 1 atom stereocenters. The smallest absolute Gasteiger partial charge is 0.140 e. The minimum Gasteiger partial charge on any atom is -0.356 e. The molecule has 19 heavy (non-hydrogen) atoms. The van der Waals surface area contributed by atoms with Crippen LogP contribution < -0.4 is 4.90 Å². The molecule has 0 aliphatic heterocycles. The van der Waals surface area contributed by atoms with E-state index in [9.17, 15) is 0 Å². The van der Waals surface area contributed by atoms with Gasteiger partial charge in [0.2, 0.25) is 0 Å². The van der Waals surface area contributed by atoms with Crippen LogP contribution >= 0.6 is 22.7 Å². The largest absolute Gasteiger partial charge is 0.356 e. The van der Waals surface area contributed by atoms with E-state index in [2.05, 4.69) is 57.8 Å². The molecule has 0 fully saturated rings. The van der Waals surface area contributed by atoms with Crippen molar-refractivity contribution in [2.45, 2.75) is 19.4 Å². The molecule has 0 bridgehead atoms. The van der Waals surface area contributed by atoms with Crippen molar-refractivity contribution < 1.29 is 0 Å². The summed E-state index contributed by atoms with van der Waals surface area (Å²) in [5.41, 5.74) is 0. The van der Waals surface area contributed by atoms with Crippen LogP contribution in [0.4, 0.5) is 5.82 Å². The maximum atomic E-state index is 4.45. The average molecular weight is 289 g/mol. The van der Waals surface area contributed by atoms with Crippen molar-refractivity contribution in [1.29, 1.82) is 0 Å². The van der Waals surface area contributed by atoms with Crippen molar-refractivity contribution >= 4 is 38.7 Å². The van der Waals surface area contributed by atoms with Crippen molar-refractivity contribution in [3.8, 4) is 0 Å². The minimum atomic E-state index is 0.414. The number of hydrogen-bond donors (Lipinski definition) is 0. The molecule has 0 radical (unpaired) electrons. The standard InChI is InChI=1S/C14H15N3S2/c1-10(8-11-4-3-6-18-11)17(2)13-12-5-7-19-14(12)16-9-15-13/h3-7,9-10H,8H2,1-2H3. The average Bonchev–Trinajstić information content (AvgIpc) is 3.07. The summed E-state index contributed by atoms with van der Waals surface area (Å²) in [5, 5.41) is 5.35. The van der Waals surface area contributed by atoms with E-state index >= 15 is 0 Å². The van der Waals surface area contributed by atoms with Crippen LogP contribution in [0.5, 0.6) is 0 Å². The maximum Gasteiger partial charge on any atom is 0.140 e. The fraction of sp³-hybridized carbons (Fsp3) is 0.286. The van der Waals surface area contributed by atoms with E-state index in [0.717, 1.165) is 22.5 Å². The Labute approximate surface area is 120 Å². The number of fused-ring (bicyclic) bond motifs is 1. The van der Waals surface area contributed by atoms with Crippen molar-refractivity contribution in [1.82, 2.24) is 9.97 Å². The summed E-state index contributed by atoms with van der Waals surface area (Å²) in [6.07, 6.45) is 2.70. The van der Waals surface area contributed by atoms with Gasteiger partial charge in [-0.25, -0.2) is 9.97 Å². The summed E-state index contributed by atoms with van der Waals surface area (Å²) in [6, 6.07) is 6.81. The van der Waals surface area contributed by atoms with Gasteiger partial charge < -0.3 is 4.90 Å². The Morgan fingerprint density at radius 3 is 2.89 bits per heavy atom. The fourth-order valence-corrected chi connectivity index (χ4v) is 3.68. The van der Waals surface area contributed by atoms with Gasteiger partial charge in [0, 0.05) is 24.4 Å². The molecule has 0 amide bonds. The number of hydrogen-bond acceptors (Lipinski definition) is 5. The number of nitrogens with zero attached hydrogens (tertiary/aromatic N) is 3. The van der Waals surface area contributed by atoms with E-state index in [-0.39, 0.29) is 0 Å². The van der Waals surface area contributed by atoms with Crippen LogP contribution in [0.25, 0.3) is 10.2 Å². The highest BCUT2D eigenvalue weighted by atomic mass is 32.1. The maximum absolute atomic E-state index is 4.45. The van der Waals surface area contributed by atoms with Crippen molar-refractivity contribution in [2.24, 2.45) is 0 Å². The van der Waals surface area contributed by atoms with E-state index in [1.54, 1.807) is 17.7 Å². The van der Waals surface area contributed by atoms with Crippen molar-refractivity contribution in [3.63, 3.8) is 0 Å². The number of thiophene rings is 2. The quantitative estimate of drug-likeness (QED) is 0.731. The predicted molar refractivity (Wildman–Crippen MR) is 83.3 cm³/mol. The van der Waals surface area contributed by atoms with Crippen LogP contribution in [0.1, 0.15) is 11.8 Å². The van der Waals surface area contributed by atoms with Gasteiger partial charge in [0.1, 0.15) is 17.0 Å². The summed E-state index contributed by atoms with van der Waals surface area (Å²) in [4.78, 5) is 13.5. The Morgan fingerprint density at radius 2 is 2.11 bits per heavy atom. The van der Waals surface area contributed by atoms with E-state index in [1.807, 2.05) is 11.3 Å². The lowest BCUT2D eigenvalue weighted by molar-refractivity contribution is 0.682. The second kappa shape index (κ2) is 5.27. The minimum absolute atomic E-state index is 0.414. The first-order valence-corrected chi connectivity index (χ1v) is 7.95. The lowest BCUT2D eigenvalue weighted by atomic mass is 10.2. The molecule has 3 aromatic heterocycles. The Morgan fingerprint density at radius 1 is 1.21 bits per heavy atom. The molecule has 5 heteroatoms. The zero-order valence-electron chi connectivity index (χ0n) is 10.9. The van der Waals surface area contributed by atoms with E-state index in [0.29, 0.717) is 6.04 Å².